The summed E-state index contributed by atoms with van der Waals surface area (Å²) in [7, 11) is 3.23. The Morgan fingerprint density at radius 1 is 1.31 bits per heavy atom. The Hall–Kier alpha value is -1.26. The number of carbonyl (C=O) groups excluding carboxylic acids is 1. The van der Waals surface area contributed by atoms with Crippen molar-refractivity contribution in [2.45, 2.75) is 6.54 Å². The number of nitrogens with one attached hydrogen (secondary N) is 1. The van der Waals surface area contributed by atoms with Gasteiger partial charge < -0.3 is 14.8 Å². The van der Waals surface area contributed by atoms with Gasteiger partial charge in [-0.3, -0.25) is 0 Å². The molecule has 0 aliphatic heterocycles. The number of methoxy groups -OCH3 is 1. The fourth-order valence-corrected chi connectivity index (χ4v) is 1.11. The third-order valence-electron chi connectivity index (χ3n) is 1.89. The van der Waals surface area contributed by atoms with Gasteiger partial charge in [0.1, 0.15) is 5.75 Å². The molecule has 0 atom stereocenters. The second kappa shape index (κ2) is 7.96. The SMILES string of the molecule is CNCc1ccc(OCC(=O)OC)cc1.Cl. The van der Waals surface area contributed by atoms with E-state index in [0.717, 1.165) is 6.54 Å². The third kappa shape index (κ3) is 5.00. The van der Waals surface area contributed by atoms with Gasteiger partial charge >= 0.3 is 5.97 Å². The standard InChI is InChI=1S/C11H15NO3.ClH/c1-12-7-9-3-5-10(6-4-9)15-8-11(13)14-2;/h3-6,12H,7-8H2,1-2H3;1H. The van der Waals surface area contributed by atoms with Crippen molar-refractivity contribution in [1.82, 2.24) is 5.32 Å². The number of benzene rings is 1. The highest BCUT2D eigenvalue weighted by Gasteiger charge is 2.01. The second-order valence-corrected chi connectivity index (χ2v) is 3.04. The van der Waals surface area contributed by atoms with Crippen molar-refractivity contribution in [1.29, 1.82) is 0 Å². The van der Waals surface area contributed by atoms with Gasteiger partial charge in [0.15, 0.2) is 6.61 Å². The topological polar surface area (TPSA) is 47.6 Å². The summed E-state index contributed by atoms with van der Waals surface area (Å²) in [5, 5.41) is 3.05. The van der Waals surface area contributed by atoms with Crippen LogP contribution in [0.3, 0.4) is 0 Å². The van der Waals surface area contributed by atoms with Crippen LogP contribution in [0.4, 0.5) is 0 Å². The average Bonchev–Trinajstić information content (AvgIpc) is 2.28. The highest BCUT2D eigenvalue weighted by Crippen LogP contribution is 2.11. The fraction of sp³-hybridized carbons (Fsp3) is 0.364. The summed E-state index contributed by atoms with van der Waals surface area (Å²) in [6, 6.07) is 7.55. The van der Waals surface area contributed by atoms with Crippen LogP contribution in [0.15, 0.2) is 24.3 Å². The van der Waals surface area contributed by atoms with Crippen molar-refractivity contribution in [3.63, 3.8) is 0 Å². The molecule has 0 radical (unpaired) electrons. The van der Waals surface area contributed by atoms with Gasteiger partial charge in [0.2, 0.25) is 0 Å². The third-order valence-corrected chi connectivity index (χ3v) is 1.89. The Kier molecular flexibility index (Phi) is 7.33. The molecule has 4 nitrogen and oxygen atoms in total. The van der Waals surface area contributed by atoms with Crippen LogP contribution in [0.1, 0.15) is 5.56 Å². The van der Waals surface area contributed by atoms with E-state index < -0.39 is 0 Å². The van der Waals surface area contributed by atoms with E-state index in [1.54, 1.807) is 0 Å². The molecule has 0 aromatic heterocycles. The lowest BCUT2D eigenvalue weighted by molar-refractivity contribution is -0.142. The maximum Gasteiger partial charge on any atom is 0.343 e. The molecule has 1 aromatic rings. The minimum Gasteiger partial charge on any atom is -0.482 e. The summed E-state index contributed by atoms with van der Waals surface area (Å²) < 4.78 is 9.66. The molecule has 0 aliphatic carbocycles. The van der Waals surface area contributed by atoms with Crippen LogP contribution in [0.25, 0.3) is 0 Å². The average molecular weight is 246 g/mol. The number of esters is 1. The highest BCUT2D eigenvalue weighted by molar-refractivity contribution is 5.85. The number of hydrogen-bond donors (Lipinski definition) is 1. The zero-order valence-electron chi connectivity index (χ0n) is 9.36. The van der Waals surface area contributed by atoms with Crippen LogP contribution < -0.4 is 10.1 Å². The van der Waals surface area contributed by atoms with Gasteiger partial charge in [0, 0.05) is 6.54 Å². The van der Waals surface area contributed by atoms with E-state index in [4.69, 9.17) is 4.74 Å². The number of rotatable bonds is 5. The van der Waals surface area contributed by atoms with Crippen LogP contribution >= 0.6 is 12.4 Å². The van der Waals surface area contributed by atoms with Crippen molar-refractivity contribution >= 4 is 18.4 Å². The van der Waals surface area contributed by atoms with E-state index in [-0.39, 0.29) is 25.0 Å². The van der Waals surface area contributed by atoms with Gasteiger partial charge in [0.05, 0.1) is 7.11 Å². The molecule has 0 amide bonds. The first-order chi connectivity index (χ1) is 7.26. The summed E-state index contributed by atoms with van der Waals surface area (Å²) in [4.78, 5) is 10.8. The van der Waals surface area contributed by atoms with E-state index in [9.17, 15) is 4.79 Å². The first-order valence-corrected chi connectivity index (χ1v) is 4.69. The molecule has 0 saturated heterocycles. The van der Waals surface area contributed by atoms with Gasteiger partial charge in [0.25, 0.3) is 0 Å². The van der Waals surface area contributed by atoms with E-state index in [0.29, 0.717) is 5.75 Å². The molecule has 0 aliphatic rings. The smallest absolute Gasteiger partial charge is 0.343 e. The normalized spacial score (nSPS) is 9.12. The number of halogens is 1. The lowest BCUT2D eigenvalue weighted by Gasteiger charge is -2.05. The van der Waals surface area contributed by atoms with Crippen molar-refractivity contribution < 1.29 is 14.3 Å². The first kappa shape index (κ1) is 14.7. The Labute approximate surface area is 101 Å². The molecule has 0 bridgehead atoms. The van der Waals surface area contributed by atoms with Gasteiger partial charge in [-0.1, -0.05) is 12.1 Å². The summed E-state index contributed by atoms with van der Waals surface area (Å²) in [5.74, 6) is 0.287. The van der Waals surface area contributed by atoms with Crippen LogP contribution in [-0.2, 0) is 16.1 Å². The second-order valence-electron chi connectivity index (χ2n) is 3.04. The van der Waals surface area contributed by atoms with E-state index in [2.05, 4.69) is 10.1 Å². The molecule has 1 N–H and O–H groups in total. The largest absolute Gasteiger partial charge is 0.482 e. The molecule has 1 aromatic carbocycles. The highest BCUT2D eigenvalue weighted by atomic mass is 35.5. The molecular formula is C11H16ClNO3. The van der Waals surface area contributed by atoms with Crippen molar-refractivity contribution in [3.05, 3.63) is 29.8 Å². The lowest BCUT2D eigenvalue weighted by Crippen LogP contribution is -2.12. The van der Waals surface area contributed by atoms with E-state index in [1.807, 2.05) is 31.3 Å². The summed E-state index contributed by atoms with van der Waals surface area (Å²) in [5.41, 5.74) is 1.17. The molecule has 5 heteroatoms. The Bertz CT molecular complexity index is 314. The summed E-state index contributed by atoms with van der Waals surface area (Å²) in [6.45, 7) is 0.763. The maximum atomic E-state index is 10.8. The van der Waals surface area contributed by atoms with Crippen LogP contribution in [0.2, 0.25) is 0 Å². The zero-order valence-corrected chi connectivity index (χ0v) is 10.2. The monoisotopic (exact) mass is 245 g/mol. The number of hydrogen-bond acceptors (Lipinski definition) is 4. The quantitative estimate of drug-likeness (QED) is 0.797. The minimum atomic E-state index is -0.380. The molecule has 90 valence electrons. The fourth-order valence-electron chi connectivity index (χ4n) is 1.11. The van der Waals surface area contributed by atoms with Crippen molar-refractivity contribution in [3.8, 4) is 5.75 Å². The molecule has 0 unspecified atom stereocenters. The zero-order chi connectivity index (χ0) is 11.1. The number of carbonyl (C=O) groups is 1. The predicted octanol–water partition coefficient (Wildman–Crippen LogP) is 1.38. The Balaban J connectivity index is 0.00000225. The maximum absolute atomic E-state index is 10.8. The summed E-state index contributed by atoms with van der Waals surface area (Å²) >= 11 is 0. The number of ether oxygens (including phenoxy) is 2. The van der Waals surface area contributed by atoms with E-state index in [1.165, 1.54) is 12.7 Å². The van der Waals surface area contributed by atoms with Gasteiger partial charge in [-0.2, -0.15) is 0 Å². The van der Waals surface area contributed by atoms with Crippen molar-refractivity contribution in [2.24, 2.45) is 0 Å². The van der Waals surface area contributed by atoms with Gasteiger partial charge in [-0.25, -0.2) is 4.79 Å². The molecule has 0 heterocycles. The Morgan fingerprint density at radius 2 is 1.94 bits per heavy atom. The lowest BCUT2D eigenvalue weighted by atomic mass is 10.2. The molecule has 0 fully saturated rings. The molecule has 16 heavy (non-hydrogen) atoms. The van der Waals surface area contributed by atoms with Crippen molar-refractivity contribution in [2.75, 3.05) is 20.8 Å². The summed E-state index contributed by atoms with van der Waals surface area (Å²) in [6.07, 6.45) is 0. The Morgan fingerprint density at radius 3 is 2.44 bits per heavy atom. The molecule has 1 rings (SSSR count). The van der Waals surface area contributed by atoms with E-state index >= 15 is 0 Å². The molecular weight excluding hydrogens is 230 g/mol. The van der Waals surface area contributed by atoms with Crippen LogP contribution in [-0.4, -0.2) is 26.7 Å². The first-order valence-electron chi connectivity index (χ1n) is 4.69. The molecule has 0 saturated carbocycles. The van der Waals surface area contributed by atoms with Crippen LogP contribution in [0, 0.1) is 0 Å². The van der Waals surface area contributed by atoms with Crippen LogP contribution in [0.5, 0.6) is 5.75 Å². The predicted molar refractivity (Wildman–Crippen MR) is 64.0 cm³/mol. The molecule has 0 spiro atoms. The minimum absolute atomic E-state index is 0. The van der Waals surface area contributed by atoms with Gasteiger partial charge in [-0.05, 0) is 24.7 Å². The van der Waals surface area contributed by atoms with Gasteiger partial charge in [-0.15, -0.1) is 12.4 Å².